The lowest BCUT2D eigenvalue weighted by molar-refractivity contribution is -0.385. The van der Waals surface area contributed by atoms with Crippen LogP contribution in [0.5, 0.6) is 0 Å². The summed E-state index contributed by atoms with van der Waals surface area (Å²) in [6.07, 6.45) is 3.49. The van der Waals surface area contributed by atoms with E-state index in [0.717, 1.165) is 31.3 Å². The summed E-state index contributed by atoms with van der Waals surface area (Å²) >= 11 is 0. The topological polar surface area (TPSA) is 71.3 Å². The highest BCUT2D eigenvalue weighted by Crippen LogP contribution is 2.25. The molecule has 8 heteroatoms. The van der Waals surface area contributed by atoms with Gasteiger partial charge in [-0.3, -0.25) is 20.0 Å². The van der Waals surface area contributed by atoms with E-state index in [4.69, 9.17) is 0 Å². The third-order valence-corrected chi connectivity index (χ3v) is 4.07. The molecule has 1 aliphatic rings. The van der Waals surface area contributed by atoms with E-state index in [0.29, 0.717) is 12.1 Å². The van der Waals surface area contributed by atoms with Gasteiger partial charge in [-0.15, -0.1) is 12.4 Å². The molecule has 1 fully saturated rings. The van der Waals surface area contributed by atoms with Crippen molar-refractivity contribution in [1.29, 1.82) is 0 Å². The Morgan fingerprint density at radius 1 is 1.33 bits per heavy atom. The molecular formula is C16H18ClFN4O2. The molecule has 1 aromatic carbocycles. The Morgan fingerprint density at radius 3 is 2.75 bits per heavy atom. The van der Waals surface area contributed by atoms with Gasteiger partial charge in [0.25, 0.3) is 5.69 Å². The summed E-state index contributed by atoms with van der Waals surface area (Å²) < 4.78 is 14.1. The Balaban J connectivity index is 0.00000208. The molecule has 0 amide bonds. The summed E-state index contributed by atoms with van der Waals surface area (Å²) in [5.74, 6) is -0.536. The molecule has 128 valence electrons. The van der Waals surface area contributed by atoms with Crippen LogP contribution in [0.4, 0.5) is 10.1 Å². The minimum Gasteiger partial charge on any atom is -0.314 e. The molecule has 6 nitrogen and oxygen atoms in total. The molecule has 0 spiro atoms. The maximum Gasteiger partial charge on any atom is 0.272 e. The van der Waals surface area contributed by atoms with Crippen molar-refractivity contribution in [2.75, 3.05) is 19.6 Å². The minimum absolute atomic E-state index is 0. The lowest BCUT2D eigenvalue weighted by Gasteiger charge is -2.36. The SMILES string of the molecule is Cl.O=[N+]([O-])c1ccc(CN2CCNCC2c2ccncc2)c(F)c1. The second-order valence-corrected chi connectivity index (χ2v) is 5.50. The maximum atomic E-state index is 14.1. The van der Waals surface area contributed by atoms with Gasteiger partial charge in [-0.2, -0.15) is 0 Å². The van der Waals surface area contributed by atoms with Gasteiger partial charge < -0.3 is 5.32 Å². The van der Waals surface area contributed by atoms with Crippen LogP contribution in [0.25, 0.3) is 0 Å². The quantitative estimate of drug-likeness (QED) is 0.676. The van der Waals surface area contributed by atoms with Crippen LogP contribution in [0.2, 0.25) is 0 Å². The summed E-state index contributed by atoms with van der Waals surface area (Å²) in [5, 5.41) is 14.0. The molecule has 1 unspecified atom stereocenters. The van der Waals surface area contributed by atoms with E-state index in [1.807, 2.05) is 12.1 Å². The standard InChI is InChI=1S/C16H17FN4O2.ClH/c17-15-9-14(21(22)23)2-1-13(15)11-20-8-7-19-10-16(20)12-3-5-18-6-4-12;/h1-6,9,16,19H,7-8,10-11H2;1H. The first-order valence-electron chi connectivity index (χ1n) is 7.42. The number of nitrogens with zero attached hydrogens (tertiary/aromatic N) is 3. The molecule has 0 bridgehead atoms. The van der Waals surface area contributed by atoms with Crippen LogP contribution in [0.3, 0.4) is 0 Å². The van der Waals surface area contributed by atoms with E-state index in [2.05, 4.69) is 15.2 Å². The number of benzene rings is 1. The smallest absolute Gasteiger partial charge is 0.272 e. The van der Waals surface area contributed by atoms with E-state index >= 15 is 0 Å². The molecule has 1 aromatic heterocycles. The van der Waals surface area contributed by atoms with E-state index in [-0.39, 0.29) is 24.1 Å². The molecule has 1 saturated heterocycles. The molecule has 1 N–H and O–H groups in total. The Labute approximate surface area is 145 Å². The zero-order valence-electron chi connectivity index (χ0n) is 12.9. The summed E-state index contributed by atoms with van der Waals surface area (Å²) in [4.78, 5) is 16.3. The zero-order chi connectivity index (χ0) is 16.2. The monoisotopic (exact) mass is 352 g/mol. The number of piperazine rings is 1. The van der Waals surface area contributed by atoms with Crippen LogP contribution in [0.1, 0.15) is 17.2 Å². The van der Waals surface area contributed by atoms with Gasteiger partial charge in [0, 0.05) is 56.2 Å². The maximum absolute atomic E-state index is 14.1. The molecule has 1 atom stereocenters. The second kappa shape index (κ2) is 8.14. The van der Waals surface area contributed by atoms with Gasteiger partial charge in [0.15, 0.2) is 0 Å². The van der Waals surface area contributed by atoms with Crippen molar-refractivity contribution in [2.24, 2.45) is 0 Å². The fourth-order valence-corrected chi connectivity index (χ4v) is 2.85. The number of nitro benzene ring substituents is 1. The number of halogens is 2. The number of aromatic nitrogens is 1. The summed E-state index contributed by atoms with van der Waals surface area (Å²) in [5.41, 5.74) is 1.36. The third-order valence-electron chi connectivity index (χ3n) is 4.07. The normalized spacial score (nSPS) is 18.0. The lowest BCUT2D eigenvalue weighted by Crippen LogP contribution is -2.45. The van der Waals surface area contributed by atoms with Crippen molar-refractivity contribution in [2.45, 2.75) is 12.6 Å². The average Bonchev–Trinajstić information content (AvgIpc) is 2.58. The molecule has 3 rings (SSSR count). The van der Waals surface area contributed by atoms with Gasteiger partial charge >= 0.3 is 0 Å². The van der Waals surface area contributed by atoms with Gasteiger partial charge in [-0.05, 0) is 23.8 Å². The number of nitro groups is 1. The van der Waals surface area contributed by atoms with Crippen LogP contribution in [-0.2, 0) is 6.54 Å². The predicted octanol–water partition coefficient (Wildman–Crippen LogP) is 2.70. The molecule has 0 saturated carbocycles. The van der Waals surface area contributed by atoms with Crippen LogP contribution in [0.15, 0.2) is 42.7 Å². The number of nitrogens with one attached hydrogen (secondary N) is 1. The fourth-order valence-electron chi connectivity index (χ4n) is 2.85. The lowest BCUT2D eigenvalue weighted by atomic mass is 10.0. The Bertz CT molecular complexity index is 702. The van der Waals surface area contributed by atoms with Crippen LogP contribution in [-0.4, -0.2) is 34.4 Å². The molecule has 0 radical (unpaired) electrons. The van der Waals surface area contributed by atoms with Crippen LogP contribution >= 0.6 is 12.4 Å². The Kier molecular flexibility index (Phi) is 6.19. The van der Waals surface area contributed by atoms with Crippen LogP contribution in [0, 0.1) is 15.9 Å². The van der Waals surface area contributed by atoms with E-state index < -0.39 is 10.7 Å². The molecule has 24 heavy (non-hydrogen) atoms. The van der Waals surface area contributed by atoms with Gasteiger partial charge in [0.1, 0.15) is 5.82 Å². The largest absolute Gasteiger partial charge is 0.314 e. The zero-order valence-corrected chi connectivity index (χ0v) is 13.7. The highest BCUT2D eigenvalue weighted by atomic mass is 35.5. The van der Waals surface area contributed by atoms with E-state index in [9.17, 15) is 14.5 Å². The van der Waals surface area contributed by atoms with Crippen molar-refractivity contribution in [3.8, 4) is 0 Å². The van der Waals surface area contributed by atoms with Gasteiger partial charge in [0.2, 0.25) is 0 Å². The molecule has 0 aliphatic carbocycles. The van der Waals surface area contributed by atoms with Crippen molar-refractivity contribution < 1.29 is 9.31 Å². The molecule has 2 heterocycles. The first-order valence-corrected chi connectivity index (χ1v) is 7.42. The molecule has 1 aliphatic heterocycles. The minimum atomic E-state index is -0.586. The van der Waals surface area contributed by atoms with Gasteiger partial charge in [0.05, 0.1) is 11.0 Å². The summed E-state index contributed by atoms with van der Waals surface area (Å²) in [7, 11) is 0. The Morgan fingerprint density at radius 2 is 2.08 bits per heavy atom. The van der Waals surface area contributed by atoms with Crippen LogP contribution < -0.4 is 5.32 Å². The molecule has 2 aromatic rings. The van der Waals surface area contributed by atoms with Crippen molar-refractivity contribution in [3.05, 3.63) is 69.8 Å². The number of rotatable bonds is 4. The highest BCUT2D eigenvalue weighted by molar-refractivity contribution is 5.85. The third kappa shape index (κ3) is 4.05. The number of non-ortho nitro benzene ring substituents is 1. The van der Waals surface area contributed by atoms with Gasteiger partial charge in [-0.1, -0.05) is 0 Å². The first kappa shape index (κ1) is 18.3. The molecular weight excluding hydrogens is 335 g/mol. The predicted molar refractivity (Wildman–Crippen MR) is 90.6 cm³/mol. The summed E-state index contributed by atoms with van der Waals surface area (Å²) in [6.45, 7) is 2.80. The number of hydrogen-bond donors (Lipinski definition) is 1. The van der Waals surface area contributed by atoms with E-state index in [1.54, 1.807) is 12.4 Å². The first-order chi connectivity index (χ1) is 11.1. The fraction of sp³-hybridized carbons (Fsp3) is 0.312. The number of hydrogen-bond acceptors (Lipinski definition) is 5. The number of pyridine rings is 1. The van der Waals surface area contributed by atoms with Crippen molar-refractivity contribution in [3.63, 3.8) is 0 Å². The summed E-state index contributed by atoms with van der Waals surface area (Å²) in [6, 6.07) is 7.87. The van der Waals surface area contributed by atoms with Gasteiger partial charge in [-0.25, -0.2) is 4.39 Å². The highest BCUT2D eigenvalue weighted by Gasteiger charge is 2.25. The average molecular weight is 353 g/mol. The Hall–Kier alpha value is -2.09. The van der Waals surface area contributed by atoms with Crippen molar-refractivity contribution in [1.82, 2.24) is 15.2 Å². The van der Waals surface area contributed by atoms with Crippen molar-refractivity contribution >= 4 is 18.1 Å². The van der Waals surface area contributed by atoms with E-state index in [1.165, 1.54) is 12.1 Å². The second-order valence-electron chi connectivity index (χ2n) is 5.50.